The molecule has 0 saturated carbocycles. The molecular weight excluding hydrogens is 411 g/mol. The van der Waals surface area contributed by atoms with Gasteiger partial charge in [0.05, 0.1) is 8.66 Å². The second kappa shape index (κ2) is 5.64. The number of rotatable bonds is 2. The van der Waals surface area contributed by atoms with Gasteiger partial charge in [-0.15, -0.1) is 11.3 Å². The lowest BCUT2D eigenvalue weighted by Gasteiger charge is -2.04. The van der Waals surface area contributed by atoms with Crippen molar-refractivity contribution in [3.63, 3.8) is 0 Å². The third-order valence-electron chi connectivity index (χ3n) is 2.11. The summed E-state index contributed by atoms with van der Waals surface area (Å²) in [5.74, 6) is -4.82. The molecular formula is C11H4Br2F3NOS. The predicted octanol–water partition coefficient (Wildman–Crippen LogP) is 4.94. The second-order valence-corrected chi connectivity index (χ2v) is 6.66. The maximum Gasteiger partial charge on any atom is 0.265 e. The molecule has 1 aromatic carbocycles. The lowest BCUT2D eigenvalue weighted by Crippen LogP contribution is -2.11. The van der Waals surface area contributed by atoms with Crippen molar-refractivity contribution in [1.82, 2.24) is 0 Å². The van der Waals surface area contributed by atoms with E-state index in [1.165, 1.54) is 0 Å². The van der Waals surface area contributed by atoms with Crippen LogP contribution in [0.5, 0.6) is 0 Å². The average molecular weight is 415 g/mol. The van der Waals surface area contributed by atoms with Crippen LogP contribution in [0.4, 0.5) is 18.9 Å². The van der Waals surface area contributed by atoms with Gasteiger partial charge in [0.1, 0.15) is 0 Å². The lowest BCUT2D eigenvalue weighted by molar-refractivity contribution is 0.103. The largest absolute Gasteiger partial charge is 0.321 e. The minimum atomic E-state index is -1.57. The van der Waals surface area contributed by atoms with E-state index in [9.17, 15) is 18.0 Å². The van der Waals surface area contributed by atoms with Crippen molar-refractivity contribution >= 4 is 54.8 Å². The molecule has 1 amide bonds. The first-order chi connectivity index (χ1) is 8.88. The molecule has 1 heterocycles. The molecule has 2 rings (SSSR count). The van der Waals surface area contributed by atoms with Gasteiger partial charge in [-0.05, 0) is 37.9 Å². The number of carbonyl (C=O) groups excluding carboxylic acids is 1. The summed E-state index contributed by atoms with van der Waals surface area (Å²) in [5.41, 5.74) is -0.151. The van der Waals surface area contributed by atoms with Gasteiger partial charge in [0.25, 0.3) is 5.91 Å². The van der Waals surface area contributed by atoms with Crippen LogP contribution >= 0.6 is 43.2 Å². The molecule has 0 aliphatic heterocycles. The summed E-state index contributed by atoms with van der Waals surface area (Å²) in [6.07, 6.45) is 0. The lowest BCUT2D eigenvalue weighted by atomic mass is 10.2. The minimum absolute atomic E-state index is 0.151. The normalized spacial score (nSPS) is 10.6. The van der Waals surface area contributed by atoms with Crippen molar-refractivity contribution in [3.05, 3.63) is 48.8 Å². The summed E-state index contributed by atoms with van der Waals surface area (Å²) in [4.78, 5) is 12.1. The zero-order valence-corrected chi connectivity index (χ0v) is 12.9. The van der Waals surface area contributed by atoms with Crippen LogP contribution in [0, 0.1) is 17.5 Å². The van der Waals surface area contributed by atoms with Crippen LogP contribution < -0.4 is 5.32 Å². The molecule has 2 nitrogen and oxygen atoms in total. The molecule has 1 aromatic heterocycles. The smallest absolute Gasteiger partial charge is 0.265 e. The number of hydrogen-bond donors (Lipinski definition) is 1. The Balaban J connectivity index is 2.24. The third-order valence-corrected chi connectivity index (χ3v) is 5.37. The molecule has 100 valence electrons. The fourth-order valence-electron chi connectivity index (χ4n) is 1.28. The van der Waals surface area contributed by atoms with Crippen molar-refractivity contribution in [2.45, 2.75) is 0 Å². The topological polar surface area (TPSA) is 29.1 Å². The SMILES string of the molecule is O=C(Nc1cc(F)c(F)c(F)c1)c1cc(Br)c(Br)s1. The highest BCUT2D eigenvalue weighted by molar-refractivity contribution is 9.13. The Labute approximate surface area is 126 Å². The molecule has 2 aromatic rings. The van der Waals surface area contributed by atoms with Gasteiger partial charge in [0.15, 0.2) is 17.5 Å². The number of nitrogens with one attached hydrogen (secondary N) is 1. The molecule has 1 N–H and O–H groups in total. The van der Waals surface area contributed by atoms with Gasteiger partial charge in [-0.3, -0.25) is 4.79 Å². The molecule has 8 heteroatoms. The van der Waals surface area contributed by atoms with E-state index in [1.807, 2.05) is 0 Å². The average Bonchev–Trinajstić information content (AvgIpc) is 2.66. The zero-order chi connectivity index (χ0) is 14.2. The highest BCUT2D eigenvalue weighted by Crippen LogP contribution is 2.32. The Hall–Kier alpha value is -0.860. The maximum absolute atomic E-state index is 13.0. The van der Waals surface area contributed by atoms with E-state index in [2.05, 4.69) is 37.2 Å². The summed E-state index contributed by atoms with van der Waals surface area (Å²) in [6, 6.07) is 2.99. The molecule has 0 radical (unpaired) electrons. The third kappa shape index (κ3) is 3.18. The number of halogens is 5. The van der Waals surface area contributed by atoms with Crippen LogP contribution in [0.2, 0.25) is 0 Å². The summed E-state index contributed by atoms with van der Waals surface area (Å²) < 4.78 is 40.1. The van der Waals surface area contributed by atoms with Crippen LogP contribution in [0.1, 0.15) is 9.67 Å². The highest BCUT2D eigenvalue weighted by atomic mass is 79.9. The van der Waals surface area contributed by atoms with Gasteiger partial charge >= 0.3 is 0 Å². The standard InChI is InChI=1S/C11H4Br2F3NOS/c12-5-3-8(19-10(5)13)11(18)17-4-1-6(14)9(16)7(15)2-4/h1-3H,(H,17,18). The van der Waals surface area contributed by atoms with E-state index < -0.39 is 23.4 Å². The van der Waals surface area contributed by atoms with Gasteiger partial charge in [0.2, 0.25) is 0 Å². The molecule has 0 bridgehead atoms. The van der Waals surface area contributed by atoms with Gasteiger partial charge < -0.3 is 5.32 Å². The fourth-order valence-corrected chi connectivity index (χ4v) is 3.21. The molecule has 0 aliphatic carbocycles. The number of carbonyl (C=O) groups is 1. The molecule has 0 unspecified atom stereocenters. The predicted molar refractivity (Wildman–Crippen MR) is 74.0 cm³/mol. The molecule has 0 saturated heterocycles. The Morgan fingerprint density at radius 1 is 1.11 bits per heavy atom. The number of amides is 1. The van der Waals surface area contributed by atoms with E-state index in [1.54, 1.807) is 6.07 Å². The van der Waals surface area contributed by atoms with Crippen molar-refractivity contribution < 1.29 is 18.0 Å². The van der Waals surface area contributed by atoms with E-state index in [0.717, 1.165) is 11.3 Å². The van der Waals surface area contributed by atoms with Gasteiger partial charge in [-0.25, -0.2) is 13.2 Å². The first-order valence-corrected chi connectivity index (χ1v) is 7.19. The molecule has 0 spiro atoms. The van der Waals surface area contributed by atoms with Gasteiger partial charge in [-0.2, -0.15) is 0 Å². The van der Waals surface area contributed by atoms with Crippen LogP contribution in [-0.2, 0) is 0 Å². The first kappa shape index (κ1) is 14.5. The summed E-state index contributed by atoms with van der Waals surface area (Å²) in [7, 11) is 0. The number of hydrogen-bond acceptors (Lipinski definition) is 2. The zero-order valence-electron chi connectivity index (χ0n) is 8.94. The number of benzene rings is 1. The molecule has 0 aliphatic rings. The molecule has 0 atom stereocenters. The van der Waals surface area contributed by atoms with Crippen molar-refractivity contribution in [3.8, 4) is 0 Å². The molecule has 0 fully saturated rings. The Morgan fingerprint density at radius 2 is 1.68 bits per heavy atom. The summed E-state index contributed by atoms with van der Waals surface area (Å²) in [5, 5.41) is 2.29. The number of thiophene rings is 1. The van der Waals surface area contributed by atoms with E-state index >= 15 is 0 Å². The van der Waals surface area contributed by atoms with Crippen molar-refractivity contribution in [2.75, 3.05) is 5.32 Å². The first-order valence-electron chi connectivity index (χ1n) is 4.79. The number of anilines is 1. The Kier molecular flexibility index (Phi) is 4.32. The highest BCUT2D eigenvalue weighted by Gasteiger charge is 2.15. The fraction of sp³-hybridized carbons (Fsp3) is 0. The Morgan fingerprint density at radius 3 is 2.16 bits per heavy atom. The van der Waals surface area contributed by atoms with E-state index in [4.69, 9.17) is 0 Å². The van der Waals surface area contributed by atoms with Gasteiger partial charge in [-0.1, -0.05) is 0 Å². The van der Waals surface area contributed by atoms with Gasteiger partial charge in [0, 0.05) is 22.3 Å². The van der Waals surface area contributed by atoms with Crippen molar-refractivity contribution in [1.29, 1.82) is 0 Å². The van der Waals surface area contributed by atoms with Crippen LogP contribution in [0.25, 0.3) is 0 Å². The van der Waals surface area contributed by atoms with Crippen molar-refractivity contribution in [2.24, 2.45) is 0 Å². The van der Waals surface area contributed by atoms with E-state index in [-0.39, 0.29) is 5.69 Å². The second-order valence-electron chi connectivity index (χ2n) is 3.44. The monoisotopic (exact) mass is 413 g/mol. The maximum atomic E-state index is 13.0. The molecule has 19 heavy (non-hydrogen) atoms. The quantitative estimate of drug-likeness (QED) is 0.692. The summed E-state index contributed by atoms with van der Waals surface area (Å²) >= 11 is 7.59. The minimum Gasteiger partial charge on any atom is -0.321 e. The Bertz CT molecular complexity index is 617. The van der Waals surface area contributed by atoms with E-state index in [0.29, 0.717) is 25.3 Å². The summed E-state index contributed by atoms with van der Waals surface area (Å²) in [6.45, 7) is 0. The van der Waals surface area contributed by atoms with Crippen LogP contribution in [0.3, 0.4) is 0 Å². The van der Waals surface area contributed by atoms with Crippen LogP contribution in [0.15, 0.2) is 26.5 Å². The van der Waals surface area contributed by atoms with Crippen LogP contribution in [-0.4, -0.2) is 5.91 Å².